The Hall–Kier alpha value is -3.61. The van der Waals surface area contributed by atoms with E-state index in [1.54, 1.807) is 6.07 Å². The van der Waals surface area contributed by atoms with Gasteiger partial charge in [0.15, 0.2) is 23.0 Å². The molecule has 1 amide bonds. The number of hydrogen-bond donors (Lipinski definition) is 1. The molecule has 0 bridgehead atoms. The van der Waals surface area contributed by atoms with Gasteiger partial charge < -0.3 is 19.7 Å². The van der Waals surface area contributed by atoms with Gasteiger partial charge in [0.05, 0.1) is 0 Å². The summed E-state index contributed by atoms with van der Waals surface area (Å²) in [6.07, 6.45) is 0.982. The highest BCUT2D eigenvalue weighted by atomic mass is 16.7. The summed E-state index contributed by atoms with van der Waals surface area (Å²) in [5.74, 6) is 1.95. The Kier molecular flexibility index (Phi) is 4.48. The lowest BCUT2D eigenvalue weighted by Gasteiger charge is -2.29. The van der Waals surface area contributed by atoms with Gasteiger partial charge in [0.25, 0.3) is 5.91 Å². The van der Waals surface area contributed by atoms with E-state index in [1.807, 2.05) is 24.3 Å². The predicted octanol–water partition coefficient (Wildman–Crippen LogP) is 2.70. The molecule has 3 heterocycles. The van der Waals surface area contributed by atoms with Crippen molar-refractivity contribution >= 4 is 11.7 Å². The van der Waals surface area contributed by atoms with Crippen molar-refractivity contribution in [2.75, 3.05) is 18.2 Å². The van der Waals surface area contributed by atoms with E-state index in [0.29, 0.717) is 18.0 Å². The van der Waals surface area contributed by atoms with Crippen LogP contribution in [0.15, 0.2) is 54.6 Å². The van der Waals surface area contributed by atoms with Crippen molar-refractivity contribution in [3.05, 3.63) is 77.0 Å². The van der Waals surface area contributed by atoms with Crippen LogP contribution in [0.3, 0.4) is 0 Å². The predicted molar refractivity (Wildman–Crippen MR) is 107 cm³/mol. The molecular weight excluding hydrogens is 368 g/mol. The zero-order valence-electron chi connectivity index (χ0n) is 15.8. The number of nitrogens with one attached hydrogen (secondary N) is 1. The lowest BCUT2D eigenvalue weighted by atomic mass is 10.00. The number of fused-ring (bicyclic) bond motifs is 2. The first kappa shape index (κ1) is 17.5. The third kappa shape index (κ3) is 3.59. The molecule has 0 saturated carbocycles. The number of anilines is 1. The van der Waals surface area contributed by atoms with Crippen LogP contribution in [0.5, 0.6) is 11.5 Å². The molecule has 0 radical (unpaired) electrons. The monoisotopic (exact) mass is 388 g/mol. The van der Waals surface area contributed by atoms with Crippen LogP contribution in [0.1, 0.15) is 27.2 Å². The highest BCUT2D eigenvalue weighted by molar-refractivity contribution is 5.92. The Morgan fingerprint density at radius 1 is 1.00 bits per heavy atom. The van der Waals surface area contributed by atoms with Crippen LogP contribution in [0, 0.1) is 0 Å². The number of ether oxygens (including phenoxy) is 2. The van der Waals surface area contributed by atoms with Crippen molar-refractivity contribution in [2.24, 2.45) is 0 Å². The fraction of sp³-hybridized carbons (Fsp3) is 0.227. The van der Waals surface area contributed by atoms with Gasteiger partial charge in [0.2, 0.25) is 6.79 Å². The molecule has 5 rings (SSSR count). The van der Waals surface area contributed by atoms with Gasteiger partial charge in [0.1, 0.15) is 0 Å². The Balaban J connectivity index is 1.22. The second kappa shape index (κ2) is 7.43. The van der Waals surface area contributed by atoms with Gasteiger partial charge >= 0.3 is 0 Å². The second-order valence-electron chi connectivity index (χ2n) is 7.09. The minimum atomic E-state index is -0.259. The summed E-state index contributed by atoms with van der Waals surface area (Å²) in [7, 11) is 0. The molecule has 146 valence electrons. The molecule has 2 aromatic carbocycles. The van der Waals surface area contributed by atoms with Crippen molar-refractivity contribution in [1.29, 1.82) is 0 Å². The van der Waals surface area contributed by atoms with Gasteiger partial charge in [-0.3, -0.25) is 4.79 Å². The minimum absolute atomic E-state index is 0.232. The number of carbonyl (C=O) groups is 1. The van der Waals surface area contributed by atoms with Crippen molar-refractivity contribution < 1.29 is 14.3 Å². The van der Waals surface area contributed by atoms with Crippen LogP contribution in [-0.2, 0) is 19.5 Å². The van der Waals surface area contributed by atoms with E-state index in [9.17, 15) is 4.79 Å². The molecule has 0 unspecified atom stereocenters. The van der Waals surface area contributed by atoms with Gasteiger partial charge in [-0.25, -0.2) is 0 Å². The average Bonchev–Trinajstić information content (AvgIpc) is 3.25. The molecule has 0 aliphatic carbocycles. The number of benzene rings is 2. The number of carbonyl (C=O) groups excluding carboxylic acids is 1. The average molecular weight is 388 g/mol. The molecule has 2 aliphatic rings. The first-order valence-corrected chi connectivity index (χ1v) is 9.58. The second-order valence-corrected chi connectivity index (χ2v) is 7.09. The molecule has 0 saturated heterocycles. The fourth-order valence-corrected chi connectivity index (χ4v) is 3.63. The number of hydrogen-bond acceptors (Lipinski definition) is 6. The zero-order chi connectivity index (χ0) is 19.6. The molecule has 2 aliphatic heterocycles. The van der Waals surface area contributed by atoms with Crippen LogP contribution >= 0.6 is 0 Å². The fourth-order valence-electron chi connectivity index (χ4n) is 3.63. The van der Waals surface area contributed by atoms with Gasteiger partial charge in [-0.1, -0.05) is 30.3 Å². The Labute approximate surface area is 168 Å². The first-order chi connectivity index (χ1) is 14.3. The van der Waals surface area contributed by atoms with Crippen LogP contribution in [0.2, 0.25) is 0 Å². The van der Waals surface area contributed by atoms with Gasteiger partial charge in [-0.2, -0.15) is 0 Å². The van der Waals surface area contributed by atoms with E-state index in [1.165, 1.54) is 11.1 Å². The van der Waals surface area contributed by atoms with Crippen molar-refractivity contribution in [1.82, 2.24) is 15.5 Å². The van der Waals surface area contributed by atoms with Gasteiger partial charge in [-0.15, -0.1) is 10.2 Å². The highest BCUT2D eigenvalue weighted by Crippen LogP contribution is 2.32. The van der Waals surface area contributed by atoms with E-state index in [-0.39, 0.29) is 12.7 Å². The maximum Gasteiger partial charge on any atom is 0.272 e. The molecule has 1 N–H and O–H groups in total. The molecule has 29 heavy (non-hydrogen) atoms. The van der Waals surface area contributed by atoms with Crippen LogP contribution in [0.25, 0.3) is 0 Å². The number of rotatable bonds is 4. The van der Waals surface area contributed by atoms with Crippen molar-refractivity contribution in [3.63, 3.8) is 0 Å². The lowest BCUT2D eigenvalue weighted by molar-refractivity contribution is 0.0945. The largest absolute Gasteiger partial charge is 0.454 e. The molecular formula is C22H20N4O3. The van der Waals surface area contributed by atoms with E-state index in [0.717, 1.165) is 36.6 Å². The van der Waals surface area contributed by atoms with Crippen LogP contribution in [-0.4, -0.2) is 29.4 Å². The summed E-state index contributed by atoms with van der Waals surface area (Å²) < 4.78 is 10.7. The van der Waals surface area contributed by atoms with Crippen LogP contribution in [0.4, 0.5) is 5.82 Å². The Bertz CT molecular complexity index is 1050. The zero-order valence-corrected chi connectivity index (χ0v) is 15.8. The summed E-state index contributed by atoms with van der Waals surface area (Å²) in [5, 5.41) is 11.3. The summed E-state index contributed by atoms with van der Waals surface area (Å²) >= 11 is 0. The van der Waals surface area contributed by atoms with Crippen LogP contribution < -0.4 is 19.7 Å². The minimum Gasteiger partial charge on any atom is -0.454 e. The van der Waals surface area contributed by atoms with Gasteiger partial charge in [0, 0.05) is 19.6 Å². The lowest BCUT2D eigenvalue weighted by Crippen LogP contribution is -2.31. The summed E-state index contributed by atoms with van der Waals surface area (Å²) in [6, 6.07) is 17.6. The summed E-state index contributed by atoms with van der Waals surface area (Å²) in [6.45, 7) is 2.30. The summed E-state index contributed by atoms with van der Waals surface area (Å²) in [4.78, 5) is 14.6. The molecule has 3 aromatic rings. The molecule has 7 nitrogen and oxygen atoms in total. The maximum absolute atomic E-state index is 12.4. The number of nitrogens with zero attached hydrogens (tertiary/aromatic N) is 3. The van der Waals surface area contributed by atoms with Crippen molar-refractivity contribution in [2.45, 2.75) is 19.5 Å². The molecule has 0 spiro atoms. The molecule has 7 heteroatoms. The maximum atomic E-state index is 12.4. The topological polar surface area (TPSA) is 76.6 Å². The first-order valence-electron chi connectivity index (χ1n) is 9.58. The number of amides is 1. The third-order valence-electron chi connectivity index (χ3n) is 5.23. The Morgan fingerprint density at radius 2 is 1.86 bits per heavy atom. The van der Waals surface area contributed by atoms with E-state index >= 15 is 0 Å². The SMILES string of the molecule is O=C(NCc1ccc2c(c1)OCO2)c1ccc(N2CCc3ccccc3C2)nn1. The van der Waals surface area contributed by atoms with E-state index < -0.39 is 0 Å². The van der Waals surface area contributed by atoms with Gasteiger partial charge in [-0.05, 0) is 47.4 Å². The smallest absolute Gasteiger partial charge is 0.272 e. The number of aromatic nitrogens is 2. The molecule has 1 aromatic heterocycles. The highest BCUT2D eigenvalue weighted by Gasteiger charge is 2.18. The third-order valence-corrected chi connectivity index (χ3v) is 5.23. The van der Waals surface area contributed by atoms with Crippen molar-refractivity contribution in [3.8, 4) is 11.5 Å². The normalized spacial score (nSPS) is 14.4. The Morgan fingerprint density at radius 3 is 2.72 bits per heavy atom. The quantitative estimate of drug-likeness (QED) is 0.741. The molecule has 0 atom stereocenters. The molecule has 0 fully saturated rings. The van der Waals surface area contributed by atoms with E-state index in [2.05, 4.69) is 44.7 Å². The standard InChI is InChI=1S/C22H20N4O3/c27-22(23-12-15-5-7-19-20(11-15)29-14-28-19)18-6-8-21(25-24-18)26-10-9-16-3-1-2-4-17(16)13-26/h1-8,11H,9-10,12-14H2,(H,23,27). The van der Waals surface area contributed by atoms with E-state index in [4.69, 9.17) is 9.47 Å². The summed E-state index contributed by atoms with van der Waals surface area (Å²) in [5.41, 5.74) is 3.92.